The molecule has 1 aliphatic carbocycles. The van der Waals surface area contributed by atoms with E-state index in [1.54, 1.807) is 0 Å². The lowest BCUT2D eigenvalue weighted by molar-refractivity contribution is 0.0607. The summed E-state index contributed by atoms with van der Waals surface area (Å²) < 4.78 is 0. The van der Waals surface area contributed by atoms with Crippen molar-refractivity contribution in [1.29, 1.82) is 0 Å². The molecule has 100 valence electrons. The smallest absolute Gasteiger partial charge is 0.0133 e. The van der Waals surface area contributed by atoms with Crippen LogP contribution in [0.15, 0.2) is 0 Å². The Balaban J connectivity index is 1.71. The van der Waals surface area contributed by atoms with Crippen molar-refractivity contribution in [2.24, 2.45) is 11.8 Å². The summed E-state index contributed by atoms with van der Waals surface area (Å²) in [4.78, 5) is 5.10. The third-order valence-electron chi connectivity index (χ3n) is 4.79. The van der Waals surface area contributed by atoms with E-state index in [0.29, 0.717) is 0 Å². The van der Waals surface area contributed by atoms with E-state index in [0.717, 1.165) is 17.9 Å². The van der Waals surface area contributed by atoms with Crippen molar-refractivity contribution in [3.05, 3.63) is 0 Å². The maximum absolute atomic E-state index is 3.33. The molecule has 1 saturated heterocycles. The fourth-order valence-corrected chi connectivity index (χ4v) is 3.42. The Morgan fingerprint density at radius 2 is 1.88 bits per heavy atom. The summed E-state index contributed by atoms with van der Waals surface area (Å²) in [6, 6.07) is 0.849. The molecule has 0 aromatic carbocycles. The highest BCUT2D eigenvalue weighted by Crippen LogP contribution is 2.32. The van der Waals surface area contributed by atoms with Gasteiger partial charge < -0.3 is 15.1 Å². The van der Waals surface area contributed by atoms with Crippen LogP contribution in [0.4, 0.5) is 0 Å². The summed E-state index contributed by atoms with van der Waals surface area (Å²) >= 11 is 0. The minimum Gasteiger partial charge on any atom is -0.319 e. The number of rotatable bonds is 5. The van der Waals surface area contributed by atoms with Gasteiger partial charge in [-0.05, 0) is 78.3 Å². The predicted molar refractivity (Wildman–Crippen MR) is 73.3 cm³/mol. The van der Waals surface area contributed by atoms with Crippen molar-refractivity contribution < 1.29 is 0 Å². The molecule has 0 aromatic rings. The maximum atomic E-state index is 3.33. The Morgan fingerprint density at radius 3 is 2.41 bits per heavy atom. The predicted octanol–water partition coefficient (Wildman–Crippen LogP) is 1.26. The molecule has 3 nitrogen and oxygen atoms in total. The highest BCUT2D eigenvalue weighted by atomic mass is 15.2. The number of hydrogen-bond donors (Lipinski definition) is 1. The van der Waals surface area contributed by atoms with Crippen LogP contribution in [0.25, 0.3) is 0 Å². The van der Waals surface area contributed by atoms with Crippen molar-refractivity contribution in [3.63, 3.8) is 0 Å². The first-order valence-electron chi connectivity index (χ1n) is 7.24. The molecule has 2 unspecified atom stereocenters. The summed E-state index contributed by atoms with van der Waals surface area (Å²) in [6.45, 7) is 5.10. The Bertz CT molecular complexity index is 224. The molecule has 0 amide bonds. The number of nitrogens with zero attached hydrogens (tertiary/aromatic N) is 2. The molecule has 1 aliphatic heterocycles. The molecule has 0 bridgehead atoms. The maximum Gasteiger partial charge on any atom is 0.0133 e. The van der Waals surface area contributed by atoms with Crippen molar-refractivity contribution in [3.8, 4) is 0 Å². The van der Waals surface area contributed by atoms with Crippen LogP contribution in [0.3, 0.4) is 0 Å². The lowest BCUT2D eigenvalue weighted by Gasteiger charge is -2.44. The van der Waals surface area contributed by atoms with E-state index in [1.165, 1.54) is 51.9 Å². The monoisotopic (exact) mass is 239 g/mol. The van der Waals surface area contributed by atoms with Gasteiger partial charge in [-0.3, -0.25) is 0 Å². The minimum atomic E-state index is 0.849. The van der Waals surface area contributed by atoms with Gasteiger partial charge in [0.25, 0.3) is 0 Å². The van der Waals surface area contributed by atoms with Gasteiger partial charge in [-0.25, -0.2) is 0 Å². The quantitative estimate of drug-likeness (QED) is 0.779. The zero-order valence-corrected chi connectivity index (χ0v) is 11.8. The molecule has 0 radical (unpaired) electrons. The average Bonchev–Trinajstić information content (AvgIpc) is 2.27. The van der Waals surface area contributed by atoms with Crippen molar-refractivity contribution in [2.45, 2.75) is 31.7 Å². The van der Waals surface area contributed by atoms with Crippen molar-refractivity contribution in [1.82, 2.24) is 15.1 Å². The lowest BCUT2D eigenvalue weighted by atomic mass is 9.78. The lowest BCUT2D eigenvalue weighted by Crippen LogP contribution is -2.50. The number of hydrogen-bond acceptors (Lipinski definition) is 3. The van der Waals surface area contributed by atoms with E-state index in [9.17, 15) is 0 Å². The van der Waals surface area contributed by atoms with E-state index in [2.05, 4.69) is 36.3 Å². The second-order valence-corrected chi connectivity index (χ2v) is 6.15. The van der Waals surface area contributed by atoms with Crippen LogP contribution < -0.4 is 5.32 Å². The average molecular weight is 239 g/mol. The number of likely N-dealkylation sites (tertiary alicyclic amines) is 1. The summed E-state index contributed by atoms with van der Waals surface area (Å²) in [5.74, 6) is 1.84. The van der Waals surface area contributed by atoms with E-state index >= 15 is 0 Å². The van der Waals surface area contributed by atoms with Gasteiger partial charge in [0.15, 0.2) is 0 Å². The first kappa shape index (κ1) is 13.3. The summed E-state index contributed by atoms with van der Waals surface area (Å²) in [7, 11) is 6.66. The fourth-order valence-electron chi connectivity index (χ4n) is 3.42. The first-order chi connectivity index (χ1) is 8.20. The van der Waals surface area contributed by atoms with Gasteiger partial charge in [0.05, 0.1) is 0 Å². The van der Waals surface area contributed by atoms with E-state index in [-0.39, 0.29) is 0 Å². The molecule has 0 spiro atoms. The Labute approximate surface area is 107 Å². The summed E-state index contributed by atoms with van der Waals surface area (Å²) in [5, 5.41) is 3.33. The third kappa shape index (κ3) is 3.43. The van der Waals surface area contributed by atoms with Crippen LogP contribution in [0, 0.1) is 11.8 Å². The van der Waals surface area contributed by atoms with Crippen LogP contribution in [0.2, 0.25) is 0 Å². The Kier molecular flexibility index (Phi) is 4.83. The molecule has 2 fully saturated rings. The van der Waals surface area contributed by atoms with Crippen LogP contribution in [0.5, 0.6) is 0 Å². The molecule has 2 rings (SSSR count). The van der Waals surface area contributed by atoms with E-state index in [1.807, 2.05) is 0 Å². The van der Waals surface area contributed by atoms with Gasteiger partial charge in [-0.1, -0.05) is 0 Å². The summed E-state index contributed by atoms with van der Waals surface area (Å²) in [6.07, 6.45) is 5.62. The standard InChI is InChI=1S/C14H29N3/c1-15-10-13-4-5-14(13)17(3)11-12-6-8-16(2)9-7-12/h12-15H,4-11H2,1-3H3. The molecular formula is C14H29N3. The number of piperidine rings is 1. The second-order valence-electron chi connectivity index (χ2n) is 6.15. The number of nitrogens with one attached hydrogen (secondary N) is 1. The highest BCUT2D eigenvalue weighted by Gasteiger charge is 2.34. The molecule has 1 saturated carbocycles. The van der Waals surface area contributed by atoms with Gasteiger partial charge >= 0.3 is 0 Å². The fraction of sp³-hybridized carbons (Fsp3) is 1.00. The zero-order chi connectivity index (χ0) is 12.3. The highest BCUT2D eigenvalue weighted by molar-refractivity contribution is 4.89. The van der Waals surface area contributed by atoms with Crippen molar-refractivity contribution in [2.75, 3.05) is 47.3 Å². The molecule has 2 atom stereocenters. The van der Waals surface area contributed by atoms with Gasteiger partial charge in [0.1, 0.15) is 0 Å². The minimum absolute atomic E-state index is 0.849. The van der Waals surface area contributed by atoms with Gasteiger partial charge in [0, 0.05) is 12.6 Å². The molecule has 0 aromatic heterocycles. The van der Waals surface area contributed by atoms with Crippen molar-refractivity contribution >= 4 is 0 Å². The zero-order valence-electron chi connectivity index (χ0n) is 11.8. The van der Waals surface area contributed by atoms with Crippen LogP contribution in [-0.2, 0) is 0 Å². The van der Waals surface area contributed by atoms with Gasteiger partial charge in [0.2, 0.25) is 0 Å². The second kappa shape index (κ2) is 6.17. The van der Waals surface area contributed by atoms with E-state index < -0.39 is 0 Å². The normalized spacial score (nSPS) is 31.8. The van der Waals surface area contributed by atoms with E-state index in [4.69, 9.17) is 0 Å². The Hall–Kier alpha value is -0.120. The van der Waals surface area contributed by atoms with Gasteiger partial charge in [-0.15, -0.1) is 0 Å². The molecule has 1 heterocycles. The van der Waals surface area contributed by atoms with Crippen LogP contribution in [-0.4, -0.2) is 63.2 Å². The Morgan fingerprint density at radius 1 is 1.18 bits per heavy atom. The molecule has 3 heteroatoms. The molecule has 1 N–H and O–H groups in total. The largest absolute Gasteiger partial charge is 0.319 e. The molecule has 2 aliphatic rings. The third-order valence-corrected chi connectivity index (χ3v) is 4.79. The summed E-state index contributed by atoms with van der Waals surface area (Å²) in [5.41, 5.74) is 0. The topological polar surface area (TPSA) is 18.5 Å². The van der Waals surface area contributed by atoms with Gasteiger partial charge in [-0.2, -0.15) is 0 Å². The SMILES string of the molecule is CNCC1CCC1N(C)CC1CCN(C)CC1. The first-order valence-corrected chi connectivity index (χ1v) is 7.24. The van der Waals surface area contributed by atoms with Crippen LogP contribution in [0.1, 0.15) is 25.7 Å². The molecular weight excluding hydrogens is 210 g/mol. The van der Waals surface area contributed by atoms with Crippen LogP contribution >= 0.6 is 0 Å². The molecule has 17 heavy (non-hydrogen) atoms.